The smallest absolute Gasteiger partial charge is 0.216 e. The molecular weight excluding hydrogens is 499 g/mol. The first kappa shape index (κ1) is 28.1. The van der Waals surface area contributed by atoms with Crippen LogP contribution < -0.4 is 15.4 Å². The van der Waals surface area contributed by atoms with Crippen molar-refractivity contribution in [3.8, 4) is 0 Å². The van der Waals surface area contributed by atoms with E-state index in [4.69, 9.17) is 0 Å². The van der Waals surface area contributed by atoms with E-state index in [-0.39, 0.29) is 35.8 Å². The third kappa shape index (κ3) is 11.8. The van der Waals surface area contributed by atoms with Crippen molar-refractivity contribution in [1.29, 1.82) is 0 Å². The number of hydrogen-bond donors (Lipinski definition) is 3. The molecule has 3 N–H and O–H groups in total. The molecule has 168 valence electrons. The van der Waals surface area contributed by atoms with Gasteiger partial charge in [-0.25, -0.2) is 13.1 Å². The van der Waals surface area contributed by atoms with Crippen molar-refractivity contribution < 1.29 is 8.42 Å². The van der Waals surface area contributed by atoms with Gasteiger partial charge >= 0.3 is 0 Å². The summed E-state index contributed by atoms with van der Waals surface area (Å²) in [7, 11) is -1.60. The van der Waals surface area contributed by atoms with Gasteiger partial charge in [0.2, 0.25) is 10.0 Å². The van der Waals surface area contributed by atoms with Crippen LogP contribution in [-0.2, 0) is 22.3 Å². The second kappa shape index (κ2) is 15.0. The number of guanidine groups is 1. The van der Waals surface area contributed by atoms with Crippen molar-refractivity contribution in [2.75, 3.05) is 13.6 Å². The number of halogens is 1. The molecule has 8 heteroatoms. The molecule has 1 aromatic carbocycles. The summed E-state index contributed by atoms with van der Waals surface area (Å²) in [5, 5.41) is 6.71. The Morgan fingerprint density at radius 2 is 1.76 bits per heavy atom. The Labute approximate surface area is 194 Å². The van der Waals surface area contributed by atoms with Crippen LogP contribution in [0.15, 0.2) is 29.3 Å². The van der Waals surface area contributed by atoms with Crippen LogP contribution in [0.25, 0.3) is 0 Å². The van der Waals surface area contributed by atoms with E-state index in [1.807, 2.05) is 38.1 Å². The Morgan fingerprint density at radius 3 is 2.31 bits per heavy atom. The minimum absolute atomic E-state index is 0. The highest BCUT2D eigenvalue weighted by atomic mass is 127. The number of nitrogens with one attached hydrogen (secondary N) is 3. The van der Waals surface area contributed by atoms with Crippen molar-refractivity contribution in [1.82, 2.24) is 15.4 Å². The van der Waals surface area contributed by atoms with Crippen molar-refractivity contribution in [3.63, 3.8) is 0 Å². The van der Waals surface area contributed by atoms with Crippen molar-refractivity contribution in [2.45, 2.75) is 71.7 Å². The summed E-state index contributed by atoms with van der Waals surface area (Å²) in [4.78, 5) is 4.30. The van der Waals surface area contributed by atoms with Gasteiger partial charge in [0.15, 0.2) is 5.96 Å². The van der Waals surface area contributed by atoms with Gasteiger partial charge in [0.05, 0.1) is 5.75 Å². The summed E-state index contributed by atoms with van der Waals surface area (Å²) in [6, 6.07) is 7.51. The summed E-state index contributed by atoms with van der Waals surface area (Å²) >= 11 is 0. The molecule has 0 aliphatic heterocycles. The first-order chi connectivity index (χ1) is 13.3. The lowest BCUT2D eigenvalue weighted by Gasteiger charge is -2.19. The maximum Gasteiger partial charge on any atom is 0.216 e. The van der Waals surface area contributed by atoms with Crippen LogP contribution in [0.5, 0.6) is 0 Å². The van der Waals surface area contributed by atoms with Gasteiger partial charge in [0.1, 0.15) is 0 Å². The van der Waals surface area contributed by atoms with Crippen molar-refractivity contribution in [2.24, 2.45) is 10.9 Å². The second-order valence-electron chi connectivity index (χ2n) is 7.52. The molecule has 1 unspecified atom stereocenters. The zero-order valence-electron chi connectivity index (χ0n) is 18.5. The van der Waals surface area contributed by atoms with E-state index in [9.17, 15) is 8.42 Å². The van der Waals surface area contributed by atoms with Crippen LogP contribution in [-0.4, -0.2) is 34.0 Å². The van der Waals surface area contributed by atoms with Crippen LogP contribution in [0.2, 0.25) is 0 Å². The fraction of sp³-hybridized carbons (Fsp3) is 0.667. The molecule has 0 bridgehead atoms. The van der Waals surface area contributed by atoms with E-state index in [0.29, 0.717) is 12.5 Å². The molecular formula is C21H39IN4O2S. The normalized spacial score (nSPS) is 13.1. The van der Waals surface area contributed by atoms with E-state index in [0.717, 1.165) is 30.1 Å². The number of nitrogens with zero attached hydrogens (tertiary/aromatic N) is 1. The van der Waals surface area contributed by atoms with Gasteiger partial charge in [-0.3, -0.25) is 4.99 Å². The van der Waals surface area contributed by atoms with E-state index >= 15 is 0 Å². The van der Waals surface area contributed by atoms with E-state index in [1.54, 1.807) is 7.05 Å². The molecule has 29 heavy (non-hydrogen) atoms. The number of hydrogen-bond acceptors (Lipinski definition) is 3. The van der Waals surface area contributed by atoms with E-state index < -0.39 is 10.0 Å². The first-order valence-corrected chi connectivity index (χ1v) is 12.0. The third-order valence-corrected chi connectivity index (χ3v) is 6.17. The van der Waals surface area contributed by atoms with Crippen LogP contribution in [0, 0.1) is 5.92 Å². The lowest BCUT2D eigenvalue weighted by Crippen LogP contribution is -2.39. The van der Waals surface area contributed by atoms with E-state index in [2.05, 4.69) is 34.2 Å². The number of unbranched alkanes of at least 4 members (excludes halogenated alkanes) is 1. The van der Waals surface area contributed by atoms with E-state index in [1.165, 1.54) is 19.3 Å². The van der Waals surface area contributed by atoms with Gasteiger partial charge in [-0.15, -0.1) is 24.0 Å². The average molecular weight is 539 g/mol. The molecule has 1 rings (SSSR count). The van der Waals surface area contributed by atoms with Crippen LogP contribution in [0.4, 0.5) is 0 Å². The van der Waals surface area contributed by atoms with Gasteiger partial charge in [-0.05, 0) is 37.3 Å². The average Bonchev–Trinajstić information content (AvgIpc) is 2.63. The highest BCUT2D eigenvalue weighted by molar-refractivity contribution is 14.0. The fourth-order valence-corrected chi connectivity index (χ4v) is 4.55. The van der Waals surface area contributed by atoms with Crippen LogP contribution in [0.3, 0.4) is 0 Å². The molecule has 0 aliphatic rings. The third-order valence-electron chi connectivity index (χ3n) is 4.65. The Hall–Kier alpha value is -0.870. The first-order valence-electron chi connectivity index (χ1n) is 10.3. The van der Waals surface area contributed by atoms with Gasteiger partial charge < -0.3 is 10.6 Å². The maximum atomic E-state index is 12.3. The molecule has 0 spiro atoms. The molecule has 0 radical (unpaired) electrons. The predicted molar refractivity (Wildman–Crippen MR) is 134 cm³/mol. The topological polar surface area (TPSA) is 82.6 Å². The number of rotatable bonds is 12. The van der Waals surface area contributed by atoms with Crippen LogP contribution >= 0.6 is 24.0 Å². The molecule has 1 aromatic rings. The molecule has 1 atom stereocenters. The van der Waals surface area contributed by atoms with Crippen molar-refractivity contribution >= 4 is 40.0 Å². The summed E-state index contributed by atoms with van der Waals surface area (Å²) in [5.41, 5.74) is 1.76. The molecule has 0 heterocycles. The molecule has 0 aromatic heterocycles. The largest absolute Gasteiger partial charge is 0.356 e. The summed E-state index contributed by atoms with van der Waals surface area (Å²) in [6.45, 7) is 9.51. The Balaban J connectivity index is 0.00000784. The molecule has 0 amide bonds. The number of sulfonamides is 1. The van der Waals surface area contributed by atoms with Gasteiger partial charge in [-0.2, -0.15) is 0 Å². The Kier molecular flexibility index (Phi) is 14.6. The van der Waals surface area contributed by atoms with Crippen molar-refractivity contribution in [3.05, 3.63) is 35.4 Å². The lowest BCUT2D eigenvalue weighted by atomic mass is 9.99. The van der Waals surface area contributed by atoms with Gasteiger partial charge in [-0.1, -0.05) is 57.4 Å². The zero-order valence-corrected chi connectivity index (χ0v) is 21.6. The highest BCUT2D eigenvalue weighted by Crippen LogP contribution is 2.13. The van der Waals surface area contributed by atoms with Crippen LogP contribution in [0.1, 0.15) is 64.5 Å². The monoisotopic (exact) mass is 538 g/mol. The minimum atomic E-state index is -3.36. The minimum Gasteiger partial charge on any atom is -0.356 e. The second-order valence-corrected chi connectivity index (χ2v) is 9.28. The summed E-state index contributed by atoms with van der Waals surface area (Å²) in [6.07, 6.45) is 4.83. The SMILES string of the molecule is CCCCC(CC)CNC(=NC)NCc1ccccc1CS(=O)(=O)NC(C)C.I. The molecule has 6 nitrogen and oxygen atoms in total. The number of aliphatic imine (C=N–C) groups is 1. The zero-order chi connectivity index (χ0) is 21.0. The molecule has 0 aliphatic carbocycles. The Morgan fingerprint density at radius 1 is 1.10 bits per heavy atom. The predicted octanol–water partition coefficient (Wildman–Crippen LogP) is 4.01. The lowest BCUT2D eigenvalue weighted by molar-refractivity contribution is 0.443. The highest BCUT2D eigenvalue weighted by Gasteiger charge is 2.15. The molecule has 0 saturated heterocycles. The molecule has 0 fully saturated rings. The fourth-order valence-electron chi connectivity index (χ4n) is 3.06. The summed E-state index contributed by atoms with van der Waals surface area (Å²) < 4.78 is 27.2. The Bertz CT molecular complexity index is 708. The van der Waals surface area contributed by atoms with Gasteiger partial charge in [0.25, 0.3) is 0 Å². The molecule has 0 saturated carbocycles. The summed E-state index contributed by atoms with van der Waals surface area (Å²) in [5.74, 6) is 1.36. The maximum absolute atomic E-state index is 12.3. The van der Waals surface area contributed by atoms with Gasteiger partial charge in [0, 0.05) is 26.2 Å². The number of benzene rings is 1. The standard InChI is InChI=1S/C21H38N4O2S.HI/c1-6-8-11-18(7-2)14-23-21(22-5)24-15-19-12-9-10-13-20(19)16-28(26,27)25-17(3)4;/h9-10,12-13,17-18,25H,6-8,11,14-16H2,1-5H3,(H2,22,23,24);1H. The quantitative estimate of drug-likeness (QED) is 0.213.